The lowest BCUT2D eigenvalue weighted by molar-refractivity contribution is 0.119. The summed E-state index contributed by atoms with van der Waals surface area (Å²) in [6, 6.07) is 28.8. The second kappa shape index (κ2) is 12.5. The highest BCUT2D eigenvalue weighted by molar-refractivity contribution is 6.35. The van der Waals surface area contributed by atoms with Gasteiger partial charge in [0.25, 0.3) is 0 Å². The zero-order valence-corrected chi connectivity index (χ0v) is 28.2. The number of fused-ring (bicyclic) bond motifs is 5. The SMILES string of the molecule is Cc1ccc(OCOc2ccc3cc4c(cc3c2)N=c2c(Cl)c3c(c(Cl)c2O4)=Nc2cc(C)c(OCOc4ccc(C)cc4)cc2O3)cc1. The molecule has 0 amide bonds. The van der Waals surface area contributed by atoms with Gasteiger partial charge in [0.2, 0.25) is 13.6 Å². The Morgan fingerprint density at radius 2 is 1.04 bits per heavy atom. The van der Waals surface area contributed by atoms with Gasteiger partial charge in [0, 0.05) is 6.07 Å². The van der Waals surface area contributed by atoms with Gasteiger partial charge < -0.3 is 28.4 Å². The highest BCUT2D eigenvalue weighted by Crippen LogP contribution is 2.45. The molecule has 244 valence electrons. The second-order valence-electron chi connectivity index (χ2n) is 11.8. The molecule has 0 N–H and O–H groups in total. The summed E-state index contributed by atoms with van der Waals surface area (Å²) in [4.78, 5) is 9.66. The second-order valence-corrected chi connectivity index (χ2v) is 12.5. The van der Waals surface area contributed by atoms with Crippen molar-refractivity contribution >= 4 is 45.3 Å². The molecular weight excluding hydrogens is 663 g/mol. The number of rotatable bonds is 8. The Balaban J connectivity index is 1.06. The fourth-order valence-corrected chi connectivity index (χ4v) is 6.06. The van der Waals surface area contributed by atoms with E-state index < -0.39 is 0 Å². The molecular formula is C39H28Cl2N2O6. The fourth-order valence-electron chi connectivity index (χ4n) is 5.55. The van der Waals surface area contributed by atoms with E-state index in [-0.39, 0.29) is 29.4 Å². The maximum atomic E-state index is 6.94. The van der Waals surface area contributed by atoms with E-state index in [0.717, 1.165) is 33.2 Å². The molecule has 0 fully saturated rings. The molecule has 2 heterocycles. The van der Waals surface area contributed by atoms with Crippen molar-refractivity contribution < 1.29 is 28.4 Å². The van der Waals surface area contributed by atoms with Gasteiger partial charge in [-0.2, -0.15) is 0 Å². The van der Waals surface area contributed by atoms with E-state index in [1.54, 1.807) is 6.07 Å². The fraction of sp³-hybridized carbons (Fsp3) is 0.128. The Bertz CT molecular complexity index is 2400. The minimum absolute atomic E-state index is 0.0235. The molecule has 2 aliphatic rings. The van der Waals surface area contributed by atoms with Gasteiger partial charge in [-0.05, 0) is 91.7 Å². The molecule has 10 heteroatoms. The van der Waals surface area contributed by atoms with Crippen LogP contribution in [-0.4, -0.2) is 13.6 Å². The van der Waals surface area contributed by atoms with Gasteiger partial charge >= 0.3 is 0 Å². The Morgan fingerprint density at radius 1 is 0.531 bits per heavy atom. The van der Waals surface area contributed by atoms with E-state index in [0.29, 0.717) is 56.6 Å². The topological polar surface area (TPSA) is 80.1 Å². The van der Waals surface area contributed by atoms with Crippen molar-refractivity contribution in [2.24, 2.45) is 9.98 Å². The lowest BCUT2D eigenvalue weighted by atomic mass is 10.1. The molecule has 2 aliphatic heterocycles. The van der Waals surface area contributed by atoms with Crippen LogP contribution in [0, 0.1) is 20.8 Å². The van der Waals surface area contributed by atoms with Crippen LogP contribution in [0.2, 0.25) is 10.0 Å². The number of aryl methyl sites for hydroxylation is 3. The molecule has 0 spiro atoms. The molecule has 6 aromatic rings. The van der Waals surface area contributed by atoms with Gasteiger partial charge in [-0.3, -0.25) is 0 Å². The molecule has 0 saturated carbocycles. The van der Waals surface area contributed by atoms with E-state index in [1.807, 2.05) is 106 Å². The molecule has 0 unspecified atom stereocenters. The first-order chi connectivity index (χ1) is 23.8. The van der Waals surface area contributed by atoms with Gasteiger partial charge in [0.1, 0.15) is 55.1 Å². The third kappa shape index (κ3) is 6.05. The molecule has 8 nitrogen and oxygen atoms in total. The molecule has 0 bridgehead atoms. The van der Waals surface area contributed by atoms with Crippen molar-refractivity contribution in [3.05, 3.63) is 128 Å². The molecule has 0 aromatic heterocycles. The first-order valence-corrected chi connectivity index (χ1v) is 16.3. The summed E-state index contributed by atoms with van der Waals surface area (Å²) in [7, 11) is 0. The number of hydrogen-bond donors (Lipinski definition) is 0. The monoisotopic (exact) mass is 690 g/mol. The minimum Gasteiger partial charge on any atom is -0.458 e. The van der Waals surface area contributed by atoms with Gasteiger partial charge in [0.05, 0.1) is 0 Å². The van der Waals surface area contributed by atoms with Gasteiger partial charge in [-0.15, -0.1) is 0 Å². The standard InChI is InChI=1S/C39H28Cl2N2O6/c1-21-4-9-26(10-5-21)44-19-46-28-13-8-24-17-32-30(16-25(24)15-28)43-37-35(41)39-36(34(40)38(37)48-32)42-29-14-23(3)31(18-33(29)49-39)47-20-45-27-11-6-22(2)7-12-27/h4-18H,19-20H2,1-3H3. The molecule has 0 aliphatic carbocycles. The van der Waals surface area contributed by atoms with E-state index in [2.05, 4.69) is 0 Å². The predicted octanol–water partition coefficient (Wildman–Crippen LogP) is 10.0. The normalized spacial score (nSPS) is 12.2. The first kappa shape index (κ1) is 30.9. The third-order valence-electron chi connectivity index (χ3n) is 8.21. The van der Waals surface area contributed by atoms with Crippen molar-refractivity contribution in [3.63, 3.8) is 0 Å². The maximum Gasteiger partial charge on any atom is 0.230 e. The molecule has 8 rings (SSSR count). The third-order valence-corrected chi connectivity index (χ3v) is 8.91. The van der Waals surface area contributed by atoms with E-state index >= 15 is 0 Å². The van der Waals surface area contributed by atoms with Crippen molar-refractivity contribution in [1.29, 1.82) is 0 Å². The van der Waals surface area contributed by atoms with Crippen LogP contribution < -0.4 is 39.1 Å². The van der Waals surface area contributed by atoms with E-state index in [9.17, 15) is 0 Å². The lowest BCUT2D eigenvalue weighted by Crippen LogP contribution is -2.22. The summed E-state index contributed by atoms with van der Waals surface area (Å²) in [5.74, 6) is 4.28. The van der Waals surface area contributed by atoms with Crippen LogP contribution in [0.3, 0.4) is 0 Å². The van der Waals surface area contributed by atoms with Crippen molar-refractivity contribution in [2.75, 3.05) is 13.6 Å². The van der Waals surface area contributed by atoms with Gasteiger partial charge in [-0.1, -0.05) is 64.7 Å². The van der Waals surface area contributed by atoms with Crippen LogP contribution in [0.15, 0.2) is 101 Å². The Morgan fingerprint density at radius 3 is 1.65 bits per heavy atom. The molecule has 0 saturated heterocycles. The summed E-state index contributed by atoms with van der Waals surface area (Å²) in [5, 5.41) is 3.02. The molecule has 6 aromatic carbocycles. The van der Waals surface area contributed by atoms with E-state index in [1.165, 1.54) is 0 Å². The summed E-state index contributed by atoms with van der Waals surface area (Å²) < 4.78 is 35.9. The highest BCUT2D eigenvalue weighted by atomic mass is 35.5. The maximum absolute atomic E-state index is 6.94. The summed E-state index contributed by atoms with van der Waals surface area (Å²) in [6.07, 6.45) is 0. The largest absolute Gasteiger partial charge is 0.458 e. The predicted molar refractivity (Wildman–Crippen MR) is 188 cm³/mol. The van der Waals surface area contributed by atoms with Crippen LogP contribution in [0.25, 0.3) is 10.8 Å². The zero-order chi connectivity index (χ0) is 33.6. The smallest absolute Gasteiger partial charge is 0.230 e. The number of halogens is 2. The zero-order valence-electron chi connectivity index (χ0n) is 26.7. The van der Waals surface area contributed by atoms with Crippen LogP contribution in [0.4, 0.5) is 11.4 Å². The average molecular weight is 692 g/mol. The highest BCUT2D eigenvalue weighted by Gasteiger charge is 2.28. The van der Waals surface area contributed by atoms with Crippen LogP contribution >= 0.6 is 23.2 Å². The minimum atomic E-state index is 0.0235. The van der Waals surface area contributed by atoms with Gasteiger partial charge in [-0.25, -0.2) is 9.98 Å². The summed E-state index contributed by atoms with van der Waals surface area (Å²) in [5.41, 5.74) is 4.32. The van der Waals surface area contributed by atoms with Crippen LogP contribution in [-0.2, 0) is 0 Å². The molecule has 0 radical (unpaired) electrons. The van der Waals surface area contributed by atoms with Crippen LogP contribution in [0.5, 0.6) is 46.0 Å². The Kier molecular flexibility index (Phi) is 7.90. The van der Waals surface area contributed by atoms with Crippen molar-refractivity contribution in [3.8, 4) is 46.0 Å². The van der Waals surface area contributed by atoms with Gasteiger partial charge in [0.15, 0.2) is 23.0 Å². The Hall–Kier alpha value is -5.44. The number of ether oxygens (including phenoxy) is 6. The molecule has 0 atom stereocenters. The number of hydrogen-bond acceptors (Lipinski definition) is 8. The summed E-state index contributed by atoms with van der Waals surface area (Å²) >= 11 is 13.9. The van der Waals surface area contributed by atoms with Crippen molar-refractivity contribution in [1.82, 2.24) is 0 Å². The quantitative estimate of drug-likeness (QED) is 0.148. The number of benzene rings is 6. The van der Waals surface area contributed by atoms with Crippen molar-refractivity contribution in [2.45, 2.75) is 20.8 Å². The lowest BCUT2D eigenvalue weighted by Gasteiger charge is -2.22. The summed E-state index contributed by atoms with van der Waals surface area (Å²) in [6.45, 7) is 6.07. The first-order valence-electron chi connectivity index (χ1n) is 15.5. The number of nitrogens with zero attached hydrogens (tertiary/aromatic N) is 2. The Labute approximate surface area is 291 Å². The van der Waals surface area contributed by atoms with E-state index in [4.69, 9.17) is 61.6 Å². The average Bonchev–Trinajstić information content (AvgIpc) is 3.10. The van der Waals surface area contributed by atoms with Crippen LogP contribution in [0.1, 0.15) is 16.7 Å². The molecule has 49 heavy (non-hydrogen) atoms.